The minimum atomic E-state index is -0.331. The molecule has 1 aromatic rings. The van der Waals surface area contributed by atoms with Crippen molar-refractivity contribution in [1.82, 2.24) is 19.7 Å². The standard InChI is InChI=1S/C15H22N4O2/c1-12(20)18-7-9-19(10-8-18)15(21)14(17(2)3)13-5-4-6-16-11-13/h4-6,11,14H,7-10H2,1-3H3. The fraction of sp³-hybridized carbons (Fsp3) is 0.533. The zero-order valence-electron chi connectivity index (χ0n) is 12.8. The Morgan fingerprint density at radius 3 is 2.29 bits per heavy atom. The lowest BCUT2D eigenvalue weighted by Crippen LogP contribution is -2.52. The molecular weight excluding hydrogens is 268 g/mol. The summed E-state index contributed by atoms with van der Waals surface area (Å²) in [4.78, 5) is 33.7. The normalized spacial score (nSPS) is 17.0. The van der Waals surface area contributed by atoms with Gasteiger partial charge in [0, 0.05) is 45.5 Å². The first-order chi connectivity index (χ1) is 10.0. The van der Waals surface area contributed by atoms with Gasteiger partial charge in [-0.25, -0.2) is 0 Å². The van der Waals surface area contributed by atoms with Gasteiger partial charge in [0.05, 0.1) is 0 Å². The molecule has 0 N–H and O–H groups in total. The first-order valence-electron chi connectivity index (χ1n) is 7.11. The topological polar surface area (TPSA) is 56.8 Å². The fourth-order valence-corrected chi connectivity index (χ4v) is 2.61. The minimum Gasteiger partial charge on any atom is -0.339 e. The van der Waals surface area contributed by atoms with Crippen molar-refractivity contribution in [2.45, 2.75) is 13.0 Å². The molecule has 0 radical (unpaired) electrons. The molecule has 0 saturated carbocycles. The Bertz CT molecular complexity index is 496. The van der Waals surface area contributed by atoms with Gasteiger partial charge in [0.2, 0.25) is 11.8 Å². The van der Waals surface area contributed by atoms with Crippen LogP contribution in [0.4, 0.5) is 0 Å². The second-order valence-electron chi connectivity index (χ2n) is 5.48. The summed E-state index contributed by atoms with van der Waals surface area (Å²) in [5, 5.41) is 0. The smallest absolute Gasteiger partial charge is 0.244 e. The van der Waals surface area contributed by atoms with Gasteiger partial charge in [-0.15, -0.1) is 0 Å². The van der Waals surface area contributed by atoms with Crippen molar-refractivity contribution in [2.75, 3.05) is 40.3 Å². The Labute approximate surface area is 125 Å². The number of hydrogen-bond acceptors (Lipinski definition) is 4. The van der Waals surface area contributed by atoms with E-state index in [0.29, 0.717) is 26.2 Å². The number of aromatic nitrogens is 1. The monoisotopic (exact) mass is 290 g/mol. The van der Waals surface area contributed by atoms with E-state index in [9.17, 15) is 9.59 Å². The van der Waals surface area contributed by atoms with Gasteiger partial charge in [-0.1, -0.05) is 6.07 Å². The van der Waals surface area contributed by atoms with Crippen molar-refractivity contribution >= 4 is 11.8 Å². The third-order valence-corrected chi connectivity index (χ3v) is 3.79. The largest absolute Gasteiger partial charge is 0.339 e. The predicted molar refractivity (Wildman–Crippen MR) is 79.5 cm³/mol. The number of carbonyl (C=O) groups is 2. The molecule has 0 spiro atoms. The molecule has 2 rings (SSSR count). The highest BCUT2D eigenvalue weighted by molar-refractivity contribution is 5.83. The van der Waals surface area contributed by atoms with E-state index in [-0.39, 0.29) is 17.9 Å². The van der Waals surface area contributed by atoms with Gasteiger partial charge < -0.3 is 9.80 Å². The van der Waals surface area contributed by atoms with Crippen molar-refractivity contribution in [3.05, 3.63) is 30.1 Å². The SMILES string of the molecule is CC(=O)N1CCN(C(=O)C(c2cccnc2)N(C)C)CC1. The van der Waals surface area contributed by atoms with E-state index < -0.39 is 0 Å². The molecule has 2 amide bonds. The molecule has 1 saturated heterocycles. The quantitative estimate of drug-likeness (QED) is 0.807. The maximum atomic E-state index is 12.8. The molecule has 6 nitrogen and oxygen atoms in total. The Morgan fingerprint density at radius 1 is 1.19 bits per heavy atom. The average molecular weight is 290 g/mol. The summed E-state index contributed by atoms with van der Waals surface area (Å²) in [6.45, 7) is 3.95. The summed E-state index contributed by atoms with van der Waals surface area (Å²) in [5.74, 6) is 0.134. The van der Waals surface area contributed by atoms with Crippen LogP contribution in [0.1, 0.15) is 18.5 Å². The second kappa shape index (κ2) is 6.67. The van der Waals surface area contributed by atoms with E-state index >= 15 is 0 Å². The van der Waals surface area contributed by atoms with Gasteiger partial charge in [-0.05, 0) is 25.7 Å². The highest BCUT2D eigenvalue weighted by Gasteiger charge is 2.30. The molecule has 21 heavy (non-hydrogen) atoms. The van der Waals surface area contributed by atoms with Crippen molar-refractivity contribution in [1.29, 1.82) is 0 Å². The minimum absolute atomic E-state index is 0.0659. The number of pyridine rings is 1. The molecule has 1 unspecified atom stereocenters. The van der Waals surface area contributed by atoms with Crippen LogP contribution in [0, 0.1) is 0 Å². The van der Waals surface area contributed by atoms with Crippen LogP contribution in [0.3, 0.4) is 0 Å². The number of piperazine rings is 1. The third kappa shape index (κ3) is 3.58. The molecule has 6 heteroatoms. The molecule has 2 heterocycles. The van der Waals surface area contributed by atoms with Gasteiger partial charge in [0.1, 0.15) is 6.04 Å². The molecular formula is C15H22N4O2. The van der Waals surface area contributed by atoms with E-state index in [0.717, 1.165) is 5.56 Å². The van der Waals surface area contributed by atoms with Crippen molar-refractivity contribution in [2.24, 2.45) is 0 Å². The number of hydrogen-bond donors (Lipinski definition) is 0. The molecule has 1 atom stereocenters. The molecule has 1 fully saturated rings. The Hall–Kier alpha value is -1.95. The van der Waals surface area contributed by atoms with Gasteiger partial charge in [0.25, 0.3) is 0 Å². The maximum Gasteiger partial charge on any atom is 0.244 e. The summed E-state index contributed by atoms with van der Waals surface area (Å²) in [5.41, 5.74) is 0.890. The Kier molecular flexibility index (Phi) is 4.90. The molecule has 0 aromatic carbocycles. The molecule has 114 valence electrons. The fourth-order valence-electron chi connectivity index (χ4n) is 2.61. The van der Waals surface area contributed by atoms with E-state index in [1.54, 1.807) is 24.2 Å². The van der Waals surface area contributed by atoms with Crippen molar-refractivity contribution in [3.8, 4) is 0 Å². The number of rotatable bonds is 3. The zero-order valence-corrected chi connectivity index (χ0v) is 12.8. The molecule has 0 bridgehead atoms. The van der Waals surface area contributed by atoms with Crippen molar-refractivity contribution < 1.29 is 9.59 Å². The van der Waals surface area contributed by atoms with Crippen molar-refractivity contribution in [3.63, 3.8) is 0 Å². The zero-order chi connectivity index (χ0) is 15.4. The van der Waals surface area contributed by atoms with E-state index in [4.69, 9.17) is 0 Å². The van der Waals surface area contributed by atoms with Crippen LogP contribution >= 0.6 is 0 Å². The van der Waals surface area contributed by atoms with Crippen LogP contribution in [0.25, 0.3) is 0 Å². The number of likely N-dealkylation sites (N-methyl/N-ethyl adjacent to an activating group) is 1. The lowest BCUT2D eigenvalue weighted by molar-refractivity contribution is -0.142. The van der Waals surface area contributed by atoms with Crippen LogP contribution in [-0.2, 0) is 9.59 Å². The molecule has 0 aliphatic carbocycles. The highest BCUT2D eigenvalue weighted by Crippen LogP contribution is 2.20. The first-order valence-corrected chi connectivity index (χ1v) is 7.11. The molecule has 1 aromatic heterocycles. The summed E-state index contributed by atoms with van der Waals surface area (Å²) < 4.78 is 0. The van der Waals surface area contributed by atoms with Crippen LogP contribution in [-0.4, -0.2) is 71.8 Å². The van der Waals surface area contributed by atoms with Gasteiger partial charge in [-0.3, -0.25) is 19.5 Å². The third-order valence-electron chi connectivity index (χ3n) is 3.79. The second-order valence-corrected chi connectivity index (χ2v) is 5.48. The maximum absolute atomic E-state index is 12.8. The van der Waals surface area contributed by atoms with Crippen LogP contribution in [0.5, 0.6) is 0 Å². The Balaban J connectivity index is 2.09. The summed E-state index contributed by atoms with van der Waals surface area (Å²) in [6, 6.07) is 3.43. The van der Waals surface area contributed by atoms with Crippen LogP contribution in [0.15, 0.2) is 24.5 Å². The average Bonchev–Trinajstić information content (AvgIpc) is 2.48. The predicted octanol–water partition coefficient (Wildman–Crippen LogP) is 0.375. The number of carbonyl (C=O) groups excluding carboxylic acids is 2. The summed E-state index contributed by atoms with van der Waals surface area (Å²) >= 11 is 0. The Morgan fingerprint density at radius 2 is 1.81 bits per heavy atom. The lowest BCUT2D eigenvalue weighted by Gasteiger charge is -2.37. The molecule has 1 aliphatic heterocycles. The van der Waals surface area contributed by atoms with Crippen LogP contribution < -0.4 is 0 Å². The highest BCUT2D eigenvalue weighted by atomic mass is 16.2. The first kappa shape index (κ1) is 15.4. The summed E-state index contributed by atoms with van der Waals surface area (Å²) in [7, 11) is 3.78. The lowest BCUT2D eigenvalue weighted by atomic mass is 10.1. The van der Waals surface area contributed by atoms with Gasteiger partial charge in [0.15, 0.2) is 0 Å². The number of amides is 2. The van der Waals surface area contributed by atoms with E-state index in [1.807, 2.05) is 36.0 Å². The van der Waals surface area contributed by atoms with Crippen LogP contribution in [0.2, 0.25) is 0 Å². The summed E-state index contributed by atoms with van der Waals surface area (Å²) in [6.07, 6.45) is 3.43. The molecule has 1 aliphatic rings. The van der Waals surface area contributed by atoms with E-state index in [2.05, 4.69) is 4.98 Å². The van der Waals surface area contributed by atoms with E-state index in [1.165, 1.54) is 0 Å². The number of nitrogens with zero attached hydrogens (tertiary/aromatic N) is 4. The van der Waals surface area contributed by atoms with Gasteiger partial charge in [-0.2, -0.15) is 0 Å². The van der Waals surface area contributed by atoms with Gasteiger partial charge >= 0.3 is 0 Å².